The Morgan fingerprint density at radius 2 is 1.87 bits per heavy atom. The predicted molar refractivity (Wildman–Crippen MR) is 91.6 cm³/mol. The second-order valence-electron chi connectivity index (χ2n) is 6.66. The molecule has 0 spiro atoms. The lowest BCUT2D eigenvalue weighted by Gasteiger charge is -2.29. The summed E-state index contributed by atoms with van der Waals surface area (Å²) in [5.74, 6) is 0.716. The van der Waals surface area contributed by atoms with E-state index in [-0.39, 0.29) is 18.0 Å². The highest BCUT2D eigenvalue weighted by Crippen LogP contribution is 2.25. The van der Waals surface area contributed by atoms with Crippen LogP contribution in [0.5, 0.6) is 0 Å². The van der Waals surface area contributed by atoms with E-state index in [0.29, 0.717) is 12.3 Å². The molecule has 1 heterocycles. The molecule has 3 amide bonds. The number of amides is 3. The maximum atomic E-state index is 12.1. The van der Waals surface area contributed by atoms with Gasteiger partial charge in [-0.25, -0.2) is 4.79 Å². The van der Waals surface area contributed by atoms with Crippen LogP contribution in [0, 0.1) is 5.92 Å². The lowest BCUT2D eigenvalue weighted by molar-refractivity contribution is -0.117. The molecular formula is C18H25N3O2. The monoisotopic (exact) mass is 315 g/mol. The van der Waals surface area contributed by atoms with Crippen LogP contribution >= 0.6 is 0 Å². The summed E-state index contributed by atoms with van der Waals surface area (Å²) in [6, 6.07) is 7.61. The number of carbonyl (C=O) groups excluding carboxylic acids is 2. The summed E-state index contributed by atoms with van der Waals surface area (Å²) >= 11 is 0. The van der Waals surface area contributed by atoms with E-state index >= 15 is 0 Å². The summed E-state index contributed by atoms with van der Waals surface area (Å²) in [5, 5.41) is 5.96. The van der Waals surface area contributed by atoms with Crippen LogP contribution in [0.3, 0.4) is 0 Å². The average Bonchev–Trinajstić information content (AvgIpc) is 2.96. The molecular weight excluding hydrogens is 290 g/mol. The van der Waals surface area contributed by atoms with Crippen molar-refractivity contribution in [3.63, 3.8) is 0 Å². The highest BCUT2D eigenvalue weighted by molar-refractivity contribution is 5.96. The van der Waals surface area contributed by atoms with Crippen LogP contribution in [0.25, 0.3) is 0 Å². The first-order valence-electron chi connectivity index (χ1n) is 8.61. The number of nitrogens with one attached hydrogen (secondary N) is 2. The van der Waals surface area contributed by atoms with Gasteiger partial charge >= 0.3 is 6.03 Å². The summed E-state index contributed by atoms with van der Waals surface area (Å²) in [7, 11) is 0. The van der Waals surface area contributed by atoms with Gasteiger partial charge in [-0.1, -0.05) is 19.8 Å². The lowest BCUT2D eigenvalue weighted by Crippen LogP contribution is -2.43. The molecule has 3 rings (SSSR count). The minimum absolute atomic E-state index is 0.145. The first-order valence-corrected chi connectivity index (χ1v) is 8.61. The zero-order valence-electron chi connectivity index (χ0n) is 13.7. The SMILES string of the molecule is C[C@@H]1CCCC[C@H]1NC(=O)Nc1ccc(N2CCCC2=O)cc1. The van der Waals surface area contributed by atoms with Gasteiger partial charge in [-0.15, -0.1) is 0 Å². The molecule has 1 aromatic carbocycles. The number of nitrogens with zero attached hydrogens (tertiary/aromatic N) is 1. The number of urea groups is 1. The van der Waals surface area contributed by atoms with Crippen molar-refractivity contribution in [3.05, 3.63) is 24.3 Å². The number of hydrogen-bond donors (Lipinski definition) is 2. The quantitative estimate of drug-likeness (QED) is 0.896. The Morgan fingerprint density at radius 1 is 1.13 bits per heavy atom. The molecule has 0 bridgehead atoms. The third-order valence-corrected chi connectivity index (χ3v) is 4.94. The number of anilines is 2. The number of carbonyl (C=O) groups is 2. The Morgan fingerprint density at radius 3 is 2.52 bits per heavy atom. The smallest absolute Gasteiger partial charge is 0.319 e. The molecule has 1 aromatic rings. The molecule has 2 fully saturated rings. The van der Waals surface area contributed by atoms with Crippen molar-refractivity contribution in [1.82, 2.24) is 5.32 Å². The van der Waals surface area contributed by atoms with Gasteiger partial charge in [0.1, 0.15) is 0 Å². The van der Waals surface area contributed by atoms with Gasteiger partial charge in [-0.3, -0.25) is 4.79 Å². The molecule has 2 aliphatic rings. The average molecular weight is 315 g/mol. The van der Waals surface area contributed by atoms with E-state index in [4.69, 9.17) is 0 Å². The first-order chi connectivity index (χ1) is 11.1. The zero-order chi connectivity index (χ0) is 16.2. The van der Waals surface area contributed by atoms with E-state index in [9.17, 15) is 9.59 Å². The molecule has 1 saturated heterocycles. The topological polar surface area (TPSA) is 61.4 Å². The van der Waals surface area contributed by atoms with Gasteiger partial charge in [0.2, 0.25) is 5.91 Å². The normalized spacial score (nSPS) is 24.6. The summed E-state index contributed by atoms with van der Waals surface area (Å²) in [6.45, 7) is 2.98. The molecule has 124 valence electrons. The number of rotatable bonds is 3. The van der Waals surface area contributed by atoms with E-state index in [1.165, 1.54) is 19.3 Å². The minimum atomic E-state index is -0.145. The Hall–Kier alpha value is -2.04. The van der Waals surface area contributed by atoms with E-state index in [2.05, 4.69) is 17.6 Å². The number of benzene rings is 1. The predicted octanol–water partition coefficient (Wildman–Crippen LogP) is 3.51. The van der Waals surface area contributed by atoms with Crippen LogP contribution in [0.2, 0.25) is 0 Å². The maximum Gasteiger partial charge on any atom is 0.319 e. The molecule has 2 atom stereocenters. The van der Waals surface area contributed by atoms with E-state index in [0.717, 1.165) is 30.8 Å². The fourth-order valence-corrected chi connectivity index (χ4v) is 3.51. The van der Waals surface area contributed by atoms with Crippen LogP contribution in [0.1, 0.15) is 45.4 Å². The largest absolute Gasteiger partial charge is 0.335 e. The van der Waals surface area contributed by atoms with Gasteiger partial charge in [0.05, 0.1) is 0 Å². The van der Waals surface area contributed by atoms with Crippen molar-refractivity contribution in [3.8, 4) is 0 Å². The Bertz CT molecular complexity index is 570. The molecule has 2 N–H and O–H groups in total. The van der Waals surface area contributed by atoms with Crippen LogP contribution in [0.15, 0.2) is 24.3 Å². The molecule has 1 saturated carbocycles. The van der Waals surface area contributed by atoms with Crippen molar-refractivity contribution in [2.45, 2.75) is 51.5 Å². The molecule has 0 radical (unpaired) electrons. The van der Waals surface area contributed by atoms with Crippen molar-refractivity contribution in [2.75, 3.05) is 16.8 Å². The van der Waals surface area contributed by atoms with Crippen LogP contribution in [0.4, 0.5) is 16.2 Å². The fraction of sp³-hybridized carbons (Fsp3) is 0.556. The molecule has 1 aliphatic carbocycles. The highest BCUT2D eigenvalue weighted by atomic mass is 16.2. The van der Waals surface area contributed by atoms with E-state index < -0.39 is 0 Å². The first kappa shape index (κ1) is 15.8. The van der Waals surface area contributed by atoms with Crippen LogP contribution in [-0.4, -0.2) is 24.5 Å². The van der Waals surface area contributed by atoms with Gasteiger partial charge in [0, 0.05) is 30.4 Å². The summed E-state index contributed by atoms with van der Waals surface area (Å²) in [6.07, 6.45) is 6.24. The lowest BCUT2D eigenvalue weighted by atomic mass is 9.86. The van der Waals surface area contributed by atoms with Crippen LogP contribution in [-0.2, 0) is 4.79 Å². The molecule has 0 aromatic heterocycles. The van der Waals surface area contributed by atoms with Gasteiger partial charge in [0.15, 0.2) is 0 Å². The fourth-order valence-electron chi connectivity index (χ4n) is 3.51. The van der Waals surface area contributed by atoms with Gasteiger partial charge in [-0.2, -0.15) is 0 Å². The minimum Gasteiger partial charge on any atom is -0.335 e. The van der Waals surface area contributed by atoms with E-state index in [1.807, 2.05) is 24.3 Å². The number of hydrogen-bond acceptors (Lipinski definition) is 2. The zero-order valence-corrected chi connectivity index (χ0v) is 13.7. The third kappa shape index (κ3) is 3.84. The Kier molecular flexibility index (Phi) is 4.84. The van der Waals surface area contributed by atoms with Crippen molar-refractivity contribution < 1.29 is 9.59 Å². The maximum absolute atomic E-state index is 12.1. The highest BCUT2D eigenvalue weighted by Gasteiger charge is 2.23. The molecule has 5 nitrogen and oxygen atoms in total. The van der Waals surface area contributed by atoms with Crippen LogP contribution < -0.4 is 15.5 Å². The summed E-state index contributed by atoms with van der Waals surface area (Å²) < 4.78 is 0. The van der Waals surface area contributed by atoms with Crippen molar-refractivity contribution >= 4 is 23.3 Å². The van der Waals surface area contributed by atoms with E-state index in [1.54, 1.807) is 4.90 Å². The molecule has 5 heteroatoms. The van der Waals surface area contributed by atoms with Crippen molar-refractivity contribution in [2.24, 2.45) is 5.92 Å². The summed E-state index contributed by atoms with van der Waals surface area (Å²) in [5.41, 5.74) is 1.65. The third-order valence-electron chi connectivity index (χ3n) is 4.94. The molecule has 1 aliphatic heterocycles. The molecule has 23 heavy (non-hydrogen) atoms. The second kappa shape index (κ2) is 7.02. The second-order valence-corrected chi connectivity index (χ2v) is 6.66. The Balaban J connectivity index is 1.55. The Labute approximate surface area is 137 Å². The van der Waals surface area contributed by atoms with Gasteiger partial charge in [0.25, 0.3) is 0 Å². The van der Waals surface area contributed by atoms with Crippen molar-refractivity contribution in [1.29, 1.82) is 0 Å². The standard InChI is InChI=1S/C18H25N3O2/c1-13-5-2-3-6-16(13)20-18(23)19-14-8-10-15(11-9-14)21-12-4-7-17(21)22/h8-11,13,16H,2-7,12H2,1H3,(H2,19,20,23)/t13-,16-/m1/s1. The van der Waals surface area contributed by atoms with Gasteiger partial charge in [-0.05, 0) is 49.4 Å². The summed E-state index contributed by atoms with van der Waals surface area (Å²) in [4.78, 5) is 25.7. The van der Waals surface area contributed by atoms with Gasteiger partial charge < -0.3 is 15.5 Å². The molecule has 0 unspecified atom stereocenters.